The lowest BCUT2D eigenvalue weighted by atomic mass is 10.0. The highest BCUT2D eigenvalue weighted by Crippen LogP contribution is 2.17. The smallest absolute Gasteiger partial charge is 0.123 e. The molecular weight excluding hydrogens is 351 g/mol. The summed E-state index contributed by atoms with van der Waals surface area (Å²) in [5.41, 5.74) is 11.4. The minimum Gasteiger partial charge on any atom is -0.385 e. The van der Waals surface area contributed by atoms with E-state index in [1.54, 1.807) is 12.1 Å². The van der Waals surface area contributed by atoms with Gasteiger partial charge in [0.15, 0.2) is 0 Å². The fourth-order valence-corrected chi connectivity index (χ4v) is 3.22. The van der Waals surface area contributed by atoms with Crippen molar-refractivity contribution in [3.8, 4) is 6.07 Å². The zero-order valence-corrected chi connectivity index (χ0v) is 15.9. The molecular formula is C23H23FN4. The van der Waals surface area contributed by atoms with Crippen molar-refractivity contribution in [1.82, 2.24) is 4.98 Å². The molecule has 0 saturated carbocycles. The van der Waals surface area contributed by atoms with Crippen LogP contribution >= 0.6 is 0 Å². The Labute approximate surface area is 164 Å². The molecule has 142 valence electrons. The van der Waals surface area contributed by atoms with Gasteiger partial charge in [-0.3, -0.25) is 0 Å². The number of rotatable bonds is 7. The van der Waals surface area contributed by atoms with E-state index in [-0.39, 0.29) is 5.82 Å². The second-order valence-electron chi connectivity index (χ2n) is 6.90. The molecule has 4 nitrogen and oxygen atoms in total. The maximum atomic E-state index is 13.3. The Bertz CT molecular complexity index is 987. The minimum absolute atomic E-state index is 0.225. The highest BCUT2D eigenvalue weighted by atomic mass is 19.1. The summed E-state index contributed by atoms with van der Waals surface area (Å²) in [7, 11) is 0. The summed E-state index contributed by atoms with van der Waals surface area (Å²) in [6, 6.07) is 18.5. The van der Waals surface area contributed by atoms with Gasteiger partial charge in [0.05, 0.1) is 11.6 Å². The zero-order chi connectivity index (χ0) is 19.9. The van der Waals surface area contributed by atoms with Gasteiger partial charge < -0.3 is 11.1 Å². The normalized spacial score (nSPS) is 10.5. The molecule has 0 spiro atoms. The van der Waals surface area contributed by atoms with Crippen molar-refractivity contribution < 1.29 is 4.39 Å². The van der Waals surface area contributed by atoms with Gasteiger partial charge in [0.25, 0.3) is 0 Å². The van der Waals surface area contributed by atoms with Gasteiger partial charge in [-0.25, -0.2) is 9.37 Å². The van der Waals surface area contributed by atoms with E-state index in [4.69, 9.17) is 5.73 Å². The molecule has 0 atom stereocenters. The largest absolute Gasteiger partial charge is 0.385 e. The molecule has 0 unspecified atom stereocenters. The van der Waals surface area contributed by atoms with Gasteiger partial charge in [0, 0.05) is 17.9 Å². The van der Waals surface area contributed by atoms with Crippen molar-refractivity contribution in [2.45, 2.75) is 26.2 Å². The predicted octanol–water partition coefficient (Wildman–Crippen LogP) is 4.42. The highest BCUT2D eigenvalue weighted by Gasteiger charge is 2.04. The van der Waals surface area contributed by atoms with Crippen LogP contribution < -0.4 is 11.1 Å². The molecule has 1 heterocycles. The maximum Gasteiger partial charge on any atom is 0.123 e. The number of nitrogens with one attached hydrogen (secondary N) is 1. The van der Waals surface area contributed by atoms with Gasteiger partial charge in [-0.1, -0.05) is 12.1 Å². The zero-order valence-electron chi connectivity index (χ0n) is 15.9. The van der Waals surface area contributed by atoms with Crippen LogP contribution in [0, 0.1) is 24.1 Å². The quantitative estimate of drug-likeness (QED) is 0.642. The fourth-order valence-electron chi connectivity index (χ4n) is 3.22. The third kappa shape index (κ3) is 5.55. The summed E-state index contributed by atoms with van der Waals surface area (Å²) in [6.45, 7) is 2.66. The molecule has 3 N–H and O–H groups in total. The first-order valence-corrected chi connectivity index (χ1v) is 9.27. The number of halogens is 1. The predicted molar refractivity (Wildman–Crippen MR) is 111 cm³/mol. The first-order valence-electron chi connectivity index (χ1n) is 9.27. The molecule has 0 fully saturated rings. The van der Waals surface area contributed by atoms with Gasteiger partial charge >= 0.3 is 0 Å². The summed E-state index contributed by atoms with van der Waals surface area (Å²) in [5, 5.41) is 12.7. The van der Waals surface area contributed by atoms with E-state index in [1.807, 2.05) is 43.3 Å². The number of hydrogen-bond acceptors (Lipinski definition) is 4. The van der Waals surface area contributed by atoms with E-state index in [0.29, 0.717) is 24.3 Å². The average molecular weight is 374 g/mol. The van der Waals surface area contributed by atoms with Gasteiger partial charge in [0.1, 0.15) is 11.6 Å². The number of aromatic nitrogens is 1. The van der Waals surface area contributed by atoms with E-state index >= 15 is 0 Å². The fraction of sp³-hybridized carbons (Fsp3) is 0.217. The van der Waals surface area contributed by atoms with Crippen molar-refractivity contribution in [3.63, 3.8) is 0 Å². The number of nitrogens with two attached hydrogens (primary N) is 1. The molecule has 3 aromatic rings. The Balaban J connectivity index is 1.65. The Morgan fingerprint density at radius 3 is 2.64 bits per heavy atom. The summed E-state index contributed by atoms with van der Waals surface area (Å²) in [6.07, 6.45) is 2.23. The van der Waals surface area contributed by atoms with Crippen molar-refractivity contribution >= 4 is 11.5 Å². The molecule has 3 rings (SSSR count). The van der Waals surface area contributed by atoms with Crippen molar-refractivity contribution in [2.75, 3.05) is 17.6 Å². The standard InChI is InChI=1S/C23H23FN4/c1-16-9-21(28-23(26)10-16)6-5-18-11-19(15-25)14-22(13-18)27-8-7-17-3-2-4-20(24)12-17/h2-4,9-14,27H,5-8H2,1H3,(H2,26,28). The second kappa shape index (κ2) is 9.01. The molecule has 1 aromatic heterocycles. The van der Waals surface area contributed by atoms with Crippen LogP contribution in [0.4, 0.5) is 15.9 Å². The number of aryl methyl sites for hydroxylation is 3. The van der Waals surface area contributed by atoms with Crippen LogP contribution in [0.2, 0.25) is 0 Å². The monoisotopic (exact) mass is 374 g/mol. The molecule has 5 heteroatoms. The lowest BCUT2D eigenvalue weighted by molar-refractivity contribution is 0.625. The van der Waals surface area contributed by atoms with Gasteiger partial charge in [0.2, 0.25) is 0 Å². The van der Waals surface area contributed by atoms with E-state index < -0.39 is 0 Å². The number of nitrogens with zero attached hydrogens (tertiary/aromatic N) is 2. The molecule has 0 saturated heterocycles. The Morgan fingerprint density at radius 1 is 1.04 bits per heavy atom. The Morgan fingerprint density at radius 2 is 1.89 bits per heavy atom. The number of nitriles is 1. The molecule has 0 aliphatic rings. The number of anilines is 2. The molecule has 0 radical (unpaired) electrons. The lowest BCUT2D eigenvalue weighted by Gasteiger charge is -2.10. The summed E-state index contributed by atoms with van der Waals surface area (Å²) >= 11 is 0. The van der Waals surface area contributed by atoms with E-state index in [0.717, 1.165) is 40.9 Å². The van der Waals surface area contributed by atoms with Crippen LogP contribution in [0.3, 0.4) is 0 Å². The molecule has 0 aliphatic carbocycles. The molecule has 0 aliphatic heterocycles. The van der Waals surface area contributed by atoms with Crippen LogP contribution in [0.15, 0.2) is 54.6 Å². The van der Waals surface area contributed by atoms with Crippen molar-refractivity contribution in [2.24, 2.45) is 0 Å². The second-order valence-corrected chi connectivity index (χ2v) is 6.90. The van der Waals surface area contributed by atoms with Crippen molar-refractivity contribution in [3.05, 3.63) is 88.4 Å². The van der Waals surface area contributed by atoms with Crippen LogP contribution in [0.1, 0.15) is 27.9 Å². The number of benzene rings is 2. The molecule has 28 heavy (non-hydrogen) atoms. The highest BCUT2D eigenvalue weighted by molar-refractivity contribution is 5.52. The third-order valence-electron chi connectivity index (χ3n) is 4.47. The first kappa shape index (κ1) is 19.4. The Kier molecular flexibility index (Phi) is 6.23. The summed E-state index contributed by atoms with van der Waals surface area (Å²) in [4.78, 5) is 4.37. The minimum atomic E-state index is -0.225. The first-order chi connectivity index (χ1) is 13.5. The van der Waals surface area contributed by atoms with Crippen LogP contribution in [-0.2, 0) is 19.3 Å². The maximum absolute atomic E-state index is 13.3. The number of pyridine rings is 1. The summed E-state index contributed by atoms with van der Waals surface area (Å²) < 4.78 is 13.3. The summed E-state index contributed by atoms with van der Waals surface area (Å²) in [5.74, 6) is 0.303. The van der Waals surface area contributed by atoms with Gasteiger partial charge in [-0.05, 0) is 85.3 Å². The van der Waals surface area contributed by atoms with Crippen LogP contribution in [-0.4, -0.2) is 11.5 Å². The van der Waals surface area contributed by atoms with Gasteiger partial charge in [-0.15, -0.1) is 0 Å². The van der Waals surface area contributed by atoms with E-state index in [2.05, 4.69) is 16.4 Å². The topological polar surface area (TPSA) is 74.7 Å². The van der Waals surface area contributed by atoms with E-state index in [9.17, 15) is 9.65 Å². The molecule has 0 bridgehead atoms. The van der Waals surface area contributed by atoms with Crippen molar-refractivity contribution in [1.29, 1.82) is 5.26 Å². The Hall–Kier alpha value is -3.39. The van der Waals surface area contributed by atoms with Crippen LogP contribution in [0.5, 0.6) is 0 Å². The van der Waals surface area contributed by atoms with Gasteiger partial charge in [-0.2, -0.15) is 5.26 Å². The molecule has 2 aromatic carbocycles. The number of nitrogen functional groups attached to an aromatic ring is 1. The lowest BCUT2D eigenvalue weighted by Crippen LogP contribution is -2.06. The molecule has 0 amide bonds. The van der Waals surface area contributed by atoms with Crippen LogP contribution in [0.25, 0.3) is 0 Å². The number of hydrogen-bond donors (Lipinski definition) is 2. The van der Waals surface area contributed by atoms with E-state index in [1.165, 1.54) is 6.07 Å². The SMILES string of the molecule is Cc1cc(N)nc(CCc2cc(C#N)cc(NCCc3cccc(F)c3)c2)c1. The average Bonchev–Trinajstić information content (AvgIpc) is 2.65. The third-order valence-corrected chi connectivity index (χ3v) is 4.47.